The molecule has 0 aliphatic carbocycles. The molecule has 0 radical (unpaired) electrons. The molecule has 58 valence electrons. The maximum atomic E-state index is 11.9. The van der Waals surface area contributed by atoms with Crippen molar-refractivity contribution in [3.63, 3.8) is 0 Å². The lowest BCUT2D eigenvalue weighted by Crippen LogP contribution is -2.42. The molecule has 1 saturated heterocycles. The molecule has 1 fully saturated rings. The average Bonchev–Trinajstić information content (AvgIpc) is 1.88. The summed E-state index contributed by atoms with van der Waals surface area (Å²) in [7, 11) is 0. The van der Waals surface area contributed by atoms with E-state index in [0.29, 0.717) is 13.0 Å². The minimum atomic E-state index is -2.41. The number of carbonyl (C=O) groups is 1. The Morgan fingerprint density at radius 3 is 2.70 bits per heavy atom. The lowest BCUT2D eigenvalue weighted by molar-refractivity contribution is -0.122. The first-order valence-electron chi connectivity index (χ1n) is 3.23. The molecule has 1 atom stereocenters. The van der Waals surface area contributed by atoms with E-state index in [1.807, 2.05) is 0 Å². The number of ketones is 1. The fraction of sp³-hybridized carbons (Fsp3) is 0.833. The Morgan fingerprint density at radius 2 is 2.30 bits per heavy atom. The van der Waals surface area contributed by atoms with Crippen LogP contribution in [0.1, 0.15) is 12.8 Å². The Balaban J connectivity index is 2.39. The van der Waals surface area contributed by atoms with Crippen LogP contribution in [-0.2, 0) is 4.79 Å². The molecule has 0 aromatic heterocycles. The van der Waals surface area contributed by atoms with Gasteiger partial charge in [0.15, 0.2) is 0 Å². The minimum absolute atomic E-state index is 0.0162. The molecule has 1 rings (SSSR count). The highest BCUT2D eigenvalue weighted by Crippen LogP contribution is 2.10. The van der Waals surface area contributed by atoms with Crippen LogP contribution >= 0.6 is 0 Å². The van der Waals surface area contributed by atoms with Crippen molar-refractivity contribution in [2.24, 2.45) is 0 Å². The number of alkyl halides is 2. The van der Waals surface area contributed by atoms with Crippen molar-refractivity contribution >= 4 is 5.78 Å². The molecule has 0 aromatic carbocycles. The predicted octanol–water partition coefficient (Wildman–Crippen LogP) is 0.573. The number of piperidine rings is 1. The van der Waals surface area contributed by atoms with Crippen molar-refractivity contribution in [3.05, 3.63) is 0 Å². The van der Waals surface area contributed by atoms with Crippen LogP contribution in [0.2, 0.25) is 0 Å². The molecule has 1 unspecified atom stereocenters. The summed E-state index contributed by atoms with van der Waals surface area (Å²) in [6.07, 6.45) is -2.04. The summed E-state index contributed by atoms with van der Waals surface area (Å²) in [5.74, 6) is -0.0657. The van der Waals surface area contributed by atoms with Gasteiger partial charge in [-0.2, -0.15) is 0 Å². The van der Waals surface area contributed by atoms with E-state index in [4.69, 9.17) is 0 Å². The van der Waals surface area contributed by atoms with Gasteiger partial charge in [-0.1, -0.05) is 0 Å². The third-order valence-electron chi connectivity index (χ3n) is 1.56. The van der Waals surface area contributed by atoms with Crippen molar-refractivity contribution in [1.82, 2.24) is 5.32 Å². The van der Waals surface area contributed by atoms with Gasteiger partial charge in [0.1, 0.15) is 5.78 Å². The number of hydrogen-bond acceptors (Lipinski definition) is 2. The van der Waals surface area contributed by atoms with Crippen LogP contribution in [0.5, 0.6) is 0 Å². The first-order chi connectivity index (χ1) is 4.70. The van der Waals surface area contributed by atoms with Crippen LogP contribution in [0.3, 0.4) is 0 Å². The smallest absolute Gasteiger partial charge is 0.254 e. The second-order valence-electron chi connectivity index (χ2n) is 2.39. The molecule has 0 bridgehead atoms. The Morgan fingerprint density at radius 1 is 1.60 bits per heavy atom. The van der Waals surface area contributed by atoms with Crippen molar-refractivity contribution in [2.75, 3.05) is 6.54 Å². The van der Waals surface area contributed by atoms with Crippen LogP contribution in [0.15, 0.2) is 0 Å². The molecule has 0 spiro atoms. The van der Waals surface area contributed by atoms with Crippen LogP contribution in [0.4, 0.5) is 8.78 Å². The zero-order chi connectivity index (χ0) is 7.56. The number of nitrogens with one attached hydrogen (secondary N) is 1. The minimum Gasteiger partial charge on any atom is -0.308 e. The van der Waals surface area contributed by atoms with Gasteiger partial charge in [-0.3, -0.25) is 4.79 Å². The Hall–Kier alpha value is -0.510. The summed E-state index contributed by atoms with van der Waals surface area (Å²) in [6, 6.07) is -0.902. The molecule has 1 aliphatic rings. The summed E-state index contributed by atoms with van der Waals surface area (Å²) >= 11 is 0. The Labute approximate surface area is 57.6 Å². The molecule has 1 N–H and O–H groups in total. The molecular weight excluding hydrogens is 140 g/mol. The number of halogens is 2. The highest BCUT2D eigenvalue weighted by molar-refractivity contribution is 5.80. The lowest BCUT2D eigenvalue weighted by Gasteiger charge is -2.21. The first kappa shape index (κ1) is 7.60. The molecule has 2 nitrogen and oxygen atoms in total. The zero-order valence-electron chi connectivity index (χ0n) is 5.44. The van der Waals surface area contributed by atoms with Crippen molar-refractivity contribution in [2.45, 2.75) is 25.3 Å². The molecule has 1 aliphatic heterocycles. The number of carbonyl (C=O) groups excluding carboxylic acids is 1. The van der Waals surface area contributed by atoms with Gasteiger partial charge < -0.3 is 5.32 Å². The quantitative estimate of drug-likeness (QED) is 0.590. The molecule has 1 heterocycles. The fourth-order valence-electron chi connectivity index (χ4n) is 0.995. The third kappa shape index (κ3) is 1.73. The molecular formula is C6H9F2NO. The highest BCUT2D eigenvalue weighted by atomic mass is 19.3. The van der Waals surface area contributed by atoms with Crippen molar-refractivity contribution in [3.8, 4) is 0 Å². The van der Waals surface area contributed by atoms with E-state index in [1.54, 1.807) is 0 Å². The zero-order valence-corrected chi connectivity index (χ0v) is 5.44. The van der Waals surface area contributed by atoms with Crippen molar-refractivity contribution in [1.29, 1.82) is 0 Å². The van der Waals surface area contributed by atoms with E-state index in [0.717, 1.165) is 0 Å². The van der Waals surface area contributed by atoms with Crippen LogP contribution < -0.4 is 5.32 Å². The number of hydrogen-bond donors (Lipinski definition) is 1. The van der Waals surface area contributed by atoms with E-state index in [1.165, 1.54) is 0 Å². The van der Waals surface area contributed by atoms with Gasteiger partial charge in [0.25, 0.3) is 6.43 Å². The summed E-state index contributed by atoms with van der Waals surface area (Å²) in [5.41, 5.74) is 0. The van der Waals surface area contributed by atoms with Gasteiger partial charge in [0.05, 0.1) is 6.04 Å². The first-order valence-corrected chi connectivity index (χ1v) is 3.23. The predicted molar refractivity (Wildman–Crippen MR) is 32.0 cm³/mol. The third-order valence-corrected chi connectivity index (χ3v) is 1.56. The average molecular weight is 149 g/mol. The maximum absolute atomic E-state index is 11.9. The van der Waals surface area contributed by atoms with Crippen LogP contribution in [-0.4, -0.2) is 24.8 Å². The fourth-order valence-corrected chi connectivity index (χ4v) is 0.995. The van der Waals surface area contributed by atoms with E-state index in [2.05, 4.69) is 5.32 Å². The van der Waals surface area contributed by atoms with E-state index in [-0.39, 0.29) is 12.2 Å². The topological polar surface area (TPSA) is 29.1 Å². The highest BCUT2D eigenvalue weighted by Gasteiger charge is 2.25. The molecule has 0 amide bonds. The maximum Gasteiger partial charge on any atom is 0.254 e. The van der Waals surface area contributed by atoms with Gasteiger partial charge in [-0.15, -0.1) is 0 Å². The Kier molecular flexibility index (Phi) is 2.32. The molecule has 0 saturated carbocycles. The Bertz CT molecular complexity index is 138. The SMILES string of the molecule is O=C1CCNC(C(F)F)C1. The van der Waals surface area contributed by atoms with Gasteiger partial charge in [0.2, 0.25) is 0 Å². The van der Waals surface area contributed by atoms with Crippen molar-refractivity contribution < 1.29 is 13.6 Å². The molecule has 4 heteroatoms. The van der Waals surface area contributed by atoms with Crippen LogP contribution in [0, 0.1) is 0 Å². The van der Waals surface area contributed by atoms with E-state index < -0.39 is 12.5 Å². The summed E-state index contributed by atoms with van der Waals surface area (Å²) in [4.78, 5) is 10.6. The normalized spacial score (nSPS) is 27.5. The summed E-state index contributed by atoms with van der Waals surface area (Å²) < 4.78 is 23.8. The summed E-state index contributed by atoms with van der Waals surface area (Å²) in [5, 5.41) is 2.58. The monoisotopic (exact) mass is 149 g/mol. The van der Waals surface area contributed by atoms with E-state index >= 15 is 0 Å². The lowest BCUT2D eigenvalue weighted by atomic mass is 10.0. The number of Topliss-reactive ketones (excluding diaryl/α,β-unsaturated/α-hetero) is 1. The standard InChI is InChI=1S/C6H9F2NO/c7-6(8)5-3-4(10)1-2-9-5/h5-6,9H,1-3H2. The van der Waals surface area contributed by atoms with Gasteiger partial charge in [0, 0.05) is 19.4 Å². The molecule has 0 aromatic rings. The number of rotatable bonds is 1. The van der Waals surface area contributed by atoms with Gasteiger partial charge >= 0.3 is 0 Å². The van der Waals surface area contributed by atoms with Crippen LogP contribution in [0.25, 0.3) is 0 Å². The molecule has 10 heavy (non-hydrogen) atoms. The second-order valence-corrected chi connectivity index (χ2v) is 2.39. The van der Waals surface area contributed by atoms with E-state index in [9.17, 15) is 13.6 Å². The second kappa shape index (κ2) is 3.05. The van der Waals surface area contributed by atoms with Gasteiger partial charge in [-0.25, -0.2) is 8.78 Å². The summed E-state index contributed by atoms with van der Waals surface area (Å²) in [6.45, 7) is 0.397. The largest absolute Gasteiger partial charge is 0.308 e. The van der Waals surface area contributed by atoms with Gasteiger partial charge in [-0.05, 0) is 0 Å².